The molecule has 3 nitrogen and oxygen atoms in total. The van der Waals surface area contributed by atoms with Gasteiger partial charge in [-0.05, 0) is 17.7 Å². The molecule has 0 aromatic heterocycles. The van der Waals surface area contributed by atoms with Crippen molar-refractivity contribution < 1.29 is 4.79 Å². The zero-order chi connectivity index (χ0) is 9.26. The highest BCUT2D eigenvalue weighted by Crippen LogP contribution is 2.22. The maximum atomic E-state index is 10.7. The molecule has 0 saturated carbocycles. The molecule has 0 radical (unpaired) electrons. The summed E-state index contributed by atoms with van der Waals surface area (Å²) in [5.41, 5.74) is 4.67. The van der Waals surface area contributed by atoms with Crippen molar-refractivity contribution >= 4 is 28.4 Å². The van der Waals surface area contributed by atoms with Crippen LogP contribution in [0.4, 0.5) is 0 Å². The number of rotatable bonds is 1. The number of hydrogen-bond acceptors (Lipinski definition) is 3. The van der Waals surface area contributed by atoms with E-state index < -0.39 is 0 Å². The van der Waals surface area contributed by atoms with Gasteiger partial charge >= 0.3 is 0 Å². The number of carbonyl (C=O) groups is 1. The molecular weight excluding hydrogens is 232 g/mol. The van der Waals surface area contributed by atoms with E-state index in [0.29, 0.717) is 0 Å². The first-order valence-electron chi connectivity index (χ1n) is 3.84. The summed E-state index contributed by atoms with van der Waals surface area (Å²) in [7, 11) is 0. The van der Waals surface area contributed by atoms with Crippen LogP contribution in [0.15, 0.2) is 27.8 Å². The molecule has 4 heteroatoms. The number of aldehydes is 1. The molecule has 0 saturated heterocycles. The van der Waals surface area contributed by atoms with Crippen molar-refractivity contribution in [2.45, 2.75) is 6.04 Å². The summed E-state index contributed by atoms with van der Waals surface area (Å²) in [6, 6.07) is 5.45. The van der Waals surface area contributed by atoms with Crippen LogP contribution in [0.5, 0.6) is 0 Å². The van der Waals surface area contributed by atoms with Gasteiger partial charge in [-0.1, -0.05) is 22.0 Å². The zero-order valence-electron chi connectivity index (χ0n) is 6.70. The van der Waals surface area contributed by atoms with Crippen LogP contribution in [0, 0.1) is 0 Å². The Labute approximate surface area is 84.0 Å². The number of nitrogens with zero attached hydrogens (tertiary/aromatic N) is 1. The number of fused-ring (bicyclic) bond motifs is 1. The van der Waals surface area contributed by atoms with E-state index in [2.05, 4.69) is 26.5 Å². The smallest absolute Gasteiger partial charge is 0.148 e. The maximum Gasteiger partial charge on any atom is 0.148 e. The van der Waals surface area contributed by atoms with E-state index in [4.69, 9.17) is 0 Å². The summed E-state index contributed by atoms with van der Waals surface area (Å²) in [4.78, 5) is 10.7. The summed E-state index contributed by atoms with van der Waals surface area (Å²) in [5.74, 6) is 0. The van der Waals surface area contributed by atoms with Crippen molar-refractivity contribution in [3.8, 4) is 0 Å². The molecule has 1 aliphatic heterocycles. The molecule has 1 unspecified atom stereocenters. The van der Waals surface area contributed by atoms with E-state index >= 15 is 0 Å². The number of carbonyl (C=O) groups excluding carboxylic acids is 1. The second-order valence-electron chi connectivity index (χ2n) is 2.77. The van der Waals surface area contributed by atoms with Crippen LogP contribution in [-0.2, 0) is 4.79 Å². The first-order valence-corrected chi connectivity index (χ1v) is 4.64. The summed E-state index contributed by atoms with van der Waals surface area (Å²) in [6.07, 6.45) is 2.56. The van der Waals surface area contributed by atoms with Crippen LogP contribution in [0.3, 0.4) is 0 Å². The predicted molar refractivity (Wildman–Crippen MR) is 53.7 cm³/mol. The second-order valence-corrected chi connectivity index (χ2v) is 3.69. The van der Waals surface area contributed by atoms with Gasteiger partial charge in [-0.25, -0.2) is 0 Å². The van der Waals surface area contributed by atoms with Gasteiger partial charge in [0.2, 0.25) is 0 Å². The molecule has 2 rings (SSSR count). The lowest BCUT2D eigenvalue weighted by molar-refractivity contribution is -0.109. The molecule has 66 valence electrons. The number of nitrogens with one attached hydrogen (secondary N) is 1. The molecule has 1 atom stereocenters. The Kier molecular flexibility index (Phi) is 2.14. The molecule has 1 aromatic rings. The number of benzene rings is 1. The third-order valence-electron chi connectivity index (χ3n) is 1.94. The number of hydrogen-bond donors (Lipinski definition) is 1. The fraction of sp³-hybridized carbons (Fsp3) is 0.111. The minimum Gasteiger partial charge on any atom is -0.301 e. The third-order valence-corrected chi connectivity index (χ3v) is 2.43. The number of hydrazone groups is 1. The molecule has 13 heavy (non-hydrogen) atoms. The van der Waals surface area contributed by atoms with E-state index in [1.807, 2.05) is 18.2 Å². The van der Waals surface area contributed by atoms with Crippen molar-refractivity contribution in [1.82, 2.24) is 5.43 Å². The monoisotopic (exact) mass is 238 g/mol. The minimum absolute atomic E-state index is 0.312. The van der Waals surface area contributed by atoms with Crippen LogP contribution >= 0.6 is 15.9 Å². The molecular formula is C9H7BrN2O. The van der Waals surface area contributed by atoms with Crippen molar-refractivity contribution in [1.29, 1.82) is 0 Å². The van der Waals surface area contributed by atoms with Gasteiger partial charge in [-0.15, -0.1) is 0 Å². The highest BCUT2D eigenvalue weighted by atomic mass is 79.9. The highest BCUT2D eigenvalue weighted by Gasteiger charge is 2.15. The molecule has 0 bridgehead atoms. The van der Waals surface area contributed by atoms with E-state index in [-0.39, 0.29) is 6.04 Å². The quantitative estimate of drug-likeness (QED) is 0.756. The van der Waals surface area contributed by atoms with E-state index in [0.717, 1.165) is 21.9 Å². The van der Waals surface area contributed by atoms with Gasteiger partial charge < -0.3 is 4.79 Å². The first-order chi connectivity index (χ1) is 6.31. The molecule has 0 aliphatic carbocycles. The Morgan fingerprint density at radius 1 is 1.54 bits per heavy atom. The van der Waals surface area contributed by atoms with Crippen LogP contribution in [0.2, 0.25) is 0 Å². The van der Waals surface area contributed by atoms with E-state index in [1.165, 1.54) is 0 Å². The van der Waals surface area contributed by atoms with Crippen molar-refractivity contribution in [3.05, 3.63) is 33.8 Å². The van der Waals surface area contributed by atoms with Gasteiger partial charge in [-0.2, -0.15) is 5.10 Å². The Bertz CT molecular complexity index is 376. The maximum absolute atomic E-state index is 10.7. The summed E-state index contributed by atoms with van der Waals surface area (Å²) < 4.78 is 0.990. The Morgan fingerprint density at radius 2 is 2.38 bits per heavy atom. The molecule has 1 aliphatic rings. The largest absolute Gasteiger partial charge is 0.301 e. The summed E-state index contributed by atoms with van der Waals surface area (Å²) >= 11 is 3.36. The Morgan fingerprint density at radius 3 is 3.15 bits per heavy atom. The summed E-state index contributed by atoms with van der Waals surface area (Å²) in [5, 5.41) is 3.88. The molecule has 1 N–H and O–H groups in total. The van der Waals surface area contributed by atoms with Gasteiger partial charge in [0.05, 0.1) is 6.21 Å². The highest BCUT2D eigenvalue weighted by molar-refractivity contribution is 9.10. The molecule has 0 fully saturated rings. The fourth-order valence-electron chi connectivity index (χ4n) is 1.30. The topological polar surface area (TPSA) is 41.5 Å². The fourth-order valence-corrected chi connectivity index (χ4v) is 1.68. The Hall–Kier alpha value is -1.16. The van der Waals surface area contributed by atoms with Crippen LogP contribution in [-0.4, -0.2) is 12.5 Å². The van der Waals surface area contributed by atoms with E-state index in [9.17, 15) is 4.79 Å². The normalized spacial score (nSPS) is 19.0. The molecule has 1 aromatic carbocycles. The average molecular weight is 239 g/mol. The van der Waals surface area contributed by atoms with Crippen LogP contribution in [0.1, 0.15) is 17.2 Å². The van der Waals surface area contributed by atoms with Gasteiger partial charge in [-0.3, -0.25) is 5.43 Å². The second kappa shape index (κ2) is 3.30. The SMILES string of the molecule is O=CC1NN=Cc2cc(Br)ccc21. The van der Waals surface area contributed by atoms with Gasteiger partial charge in [0, 0.05) is 10.0 Å². The van der Waals surface area contributed by atoms with Crippen LogP contribution < -0.4 is 5.43 Å². The van der Waals surface area contributed by atoms with Crippen molar-refractivity contribution in [3.63, 3.8) is 0 Å². The van der Waals surface area contributed by atoms with Crippen molar-refractivity contribution in [2.75, 3.05) is 0 Å². The van der Waals surface area contributed by atoms with Gasteiger partial charge in [0.1, 0.15) is 12.3 Å². The molecule has 0 amide bonds. The number of halogens is 1. The zero-order valence-corrected chi connectivity index (χ0v) is 8.28. The van der Waals surface area contributed by atoms with E-state index in [1.54, 1.807) is 6.21 Å². The van der Waals surface area contributed by atoms with Crippen molar-refractivity contribution in [2.24, 2.45) is 5.10 Å². The third kappa shape index (κ3) is 1.49. The lowest BCUT2D eigenvalue weighted by Crippen LogP contribution is -2.22. The minimum atomic E-state index is -0.312. The Balaban J connectivity index is 2.53. The predicted octanol–water partition coefficient (Wildman–Crippen LogP) is 1.63. The van der Waals surface area contributed by atoms with Crippen LogP contribution in [0.25, 0.3) is 0 Å². The lowest BCUT2D eigenvalue weighted by Gasteiger charge is -2.17. The standard InChI is InChI=1S/C9H7BrN2O/c10-7-1-2-8-6(3-7)4-11-12-9(8)5-13/h1-5,9,12H. The average Bonchev–Trinajstić information content (AvgIpc) is 2.16. The summed E-state index contributed by atoms with van der Waals surface area (Å²) in [6.45, 7) is 0. The first kappa shape index (κ1) is 8.44. The van der Waals surface area contributed by atoms with Gasteiger partial charge in [0.15, 0.2) is 0 Å². The molecule has 0 spiro atoms. The van der Waals surface area contributed by atoms with Gasteiger partial charge in [0.25, 0.3) is 0 Å². The lowest BCUT2D eigenvalue weighted by atomic mass is 10.0. The molecule has 1 heterocycles.